The number of ether oxygens (including phenoxy) is 1. The second-order valence-corrected chi connectivity index (χ2v) is 4.75. The van der Waals surface area contributed by atoms with Gasteiger partial charge in [-0.25, -0.2) is 0 Å². The van der Waals surface area contributed by atoms with Crippen LogP contribution in [-0.4, -0.2) is 28.5 Å². The number of hydrogen-bond donors (Lipinski definition) is 2. The summed E-state index contributed by atoms with van der Waals surface area (Å²) in [6, 6.07) is 0. The second kappa shape index (κ2) is 6.90. The van der Waals surface area contributed by atoms with Gasteiger partial charge in [-0.3, -0.25) is 4.79 Å². The highest BCUT2D eigenvalue weighted by Gasteiger charge is 2.17. The molecular formula is C11H20O3S. The van der Waals surface area contributed by atoms with E-state index in [9.17, 15) is 9.90 Å². The Labute approximate surface area is 96.9 Å². The second-order valence-electron chi connectivity index (χ2n) is 4.30. The maximum Gasteiger partial charge on any atom is 0.309 e. The number of esters is 1. The lowest BCUT2D eigenvalue weighted by Gasteiger charge is -2.19. The van der Waals surface area contributed by atoms with E-state index in [4.69, 9.17) is 4.74 Å². The first kappa shape index (κ1) is 14.5. The number of allylic oxidation sites excluding steroid dienone is 1. The Bertz CT molecular complexity index is 218. The topological polar surface area (TPSA) is 46.5 Å². The minimum atomic E-state index is -0.764. The molecule has 0 aliphatic heterocycles. The summed E-state index contributed by atoms with van der Waals surface area (Å²) in [5.74, 6) is 0.348. The zero-order valence-corrected chi connectivity index (χ0v) is 10.5. The average molecular weight is 232 g/mol. The summed E-state index contributed by atoms with van der Waals surface area (Å²) >= 11 is 4.02. The van der Waals surface area contributed by atoms with Crippen LogP contribution in [-0.2, 0) is 9.53 Å². The van der Waals surface area contributed by atoms with Crippen LogP contribution in [0.2, 0.25) is 0 Å². The molecule has 0 spiro atoms. The Hall–Kier alpha value is -0.480. The zero-order chi connectivity index (χ0) is 11.9. The lowest BCUT2D eigenvalue weighted by molar-refractivity contribution is -0.156. The minimum absolute atomic E-state index is 0.000339. The van der Waals surface area contributed by atoms with Gasteiger partial charge in [-0.05, 0) is 32.9 Å². The normalized spacial score (nSPS) is 14.2. The average Bonchev–Trinajstić information content (AvgIpc) is 2.00. The highest BCUT2D eigenvalue weighted by molar-refractivity contribution is 7.80. The van der Waals surface area contributed by atoms with Gasteiger partial charge in [0.05, 0.1) is 12.5 Å². The molecular weight excluding hydrogens is 212 g/mol. The predicted molar refractivity (Wildman–Crippen MR) is 64.1 cm³/mol. The van der Waals surface area contributed by atoms with Gasteiger partial charge in [0.15, 0.2) is 0 Å². The van der Waals surface area contributed by atoms with Gasteiger partial charge in [0.2, 0.25) is 0 Å². The fourth-order valence-corrected chi connectivity index (χ4v) is 1.10. The van der Waals surface area contributed by atoms with Gasteiger partial charge in [-0.1, -0.05) is 12.2 Å². The van der Waals surface area contributed by atoms with E-state index in [0.717, 1.165) is 12.2 Å². The molecule has 0 aliphatic rings. The van der Waals surface area contributed by atoms with Crippen molar-refractivity contribution in [2.24, 2.45) is 0 Å². The molecule has 1 N–H and O–H groups in total. The van der Waals surface area contributed by atoms with E-state index >= 15 is 0 Å². The van der Waals surface area contributed by atoms with Crippen LogP contribution in [0.1, 0.15) is 33.6 Å². The van der Waals surface area contributed by atoms with Crippen LogP contribution in [0.5, 0.6) is 0 Å². The molecule has 0 saturated heterocycles. The van der Waals surface area contributed by atoms with Crippen molar-refractivity contribution in [1.82, 2.24) is 0 Å². The molecule has 88 valence electrons. The molecule has 0 aliphatic carbocycles. The third-order valence-corrected chi connectivity index (χ3v) is 1.71. The Morgan fingerprint density at radius 1 is 1.53 bits per heavy atom. The predicted octanol–water partition coefficient (Wildman–Crippen LogP) is 1.96. The van der Waals surface area contributed by atoms with Crippen molar-refractivity contribution in [2.75, 3.05) is 5.75 Å². The maximum absolute atomic E-state index is 11.3. The van der Waals surface area contributed by atoms with Crippen LogP contribution >= 0.6 is 12.6 Å². The van der Waals surface area contributed by atoms with Gasteiger partial charge >= 0.3 is 5.97 Å². The number of aliphatic hydroxyl groups is 1. The van der Waals surface area contributed by atoms with E-state index in [1.165, 1.54) is 0 Å². The fourth-order valence-electron chi connectivity index (χ4n) is 0.950. The molecule has 0 aromatic rings. The van der Waals surface area contributed by atoms with Crippen molar-refractivity contribution in [1.29, 1.82) is 0 Å². The lowest BCUT2D eigenvalue weighted by Crippen LogP contribution is -2.26. The Morgan fingerprint density at radius 2 is 2.13 bits per heavy atom. The first-order chi connectivity index (χ1) is 6.85. The third kappa shape index (κ3) is 9.82. The summed E-state index contributed by atoms with van der Waals surface area (Å²) in [5, 5.41) is 9.43. The molecule has 4 heteroatoms. The van der Waals surface area contributed by atoms with Crippen LogP contribution in [0, 0.1) is 0 Å². The lowest BCUT2D eigenvalue weighted by atomic mass is 10.2. The smallest absolute Gasteiger partial charge is 0.309 e. The minimum Gasteiger partial charge on any atom is -0.460 e. The molecule has 0 aromatic carbocycles. The first-order valence-electron chi connectivity index (χ1n) is 5.02. The van der Waals surface area contributed by atoms with Crippen molar-refractivity contribution in [2.45, 2.75) is 45.3 Å². The highest BCUT2D eigenvalue weighted by atomic mass is 32.1. The third-order valence-electron chi connectivity index (χ3n) is 1.45. The van der Waals surface area contributed by atoms with Crippen molar-refractivity contribution in [3.05, 3.63) is 12.2 Å². The van der Waals surface area contributed by atoms with E-state index in [0.29, 0.717) is 0 Å². The number of aliphatic hydroxyl groups excluding tert-OH is 1. The molecule has 0 amide bonds. The molecule has 15 heavy (non-hydrogen) atoms. The number of thiol groups is 1. The number of hydrogen-bond acceptors (Lipinski definition) is 4. The fraction of sp³-hybridized carbons (Fsp3) is 0.727. The zero-order valence-electron chi connectivity index (χ0n) is 9.56. The van der Waals surface area contributed by atoms with E-state index in [1.807, 2.05) is 6.08 Å². The van der Waals surface area contributed by atoms with Crippen LogP contribution in [0.4, 0.5) is 0 Å². The number of carbonyl (C=O) groups is 1. The molecule has 1 atom stereocenters. The largest absolute Gasteiger partial charge is 0.460 e. The maximum atomic E-state index is 11.3. The van der Waals surface area contributed by atoms with E-state index in [-0.39, 0.29) is 12.4 Å². The molecule has 0 heterocycles. The molecule has 0 radical (unpaired) electrons. The van der Waals surface area contributed by atoms with E-state index in [1.54, 1.807) is 26.8 Å². The van der Waals surface area contributed by atoms with Gasteiger partial charge in [-0.15, -0.1) is 0 Å². The van der Waals surface area contributed by atoms with Gasteiger partial charge in [0.1, 0.15) is 5.60 Å². The summed E-state index contributed by atoms with van der Waals surface area (Å²) in [6.07, 6.45) is 3.43. The molecule has 0 rings (SSSR count). The van der Waals surface area contributed by atoms with Gasteiger partial charge in [-0.2, -0.15) is 12.6 Å². The van der Waals surface area contributed by atoms with Crippen LogP contribution in [0.15, 0.2) is 12.2 Å². The Kier molecular flexibility index (Phi) is 6.68. The number of carbonyl (C=O) groups excluding carboxylic acids is 1. The molecule has 3 nitrogen and oxygen atoms in total. The van der Waals surface area contributed by atoms with Crippen molar-refractivity contribution < 1.29 is 14.6 Å². The summed E-state index contributed by atoms with van der Waals surface area (Å²) in [4.78, 5) is 11.3. The number of rotatable bonds is 5. The quantitative estimate of drug-likeness (QED) is 0.433. The SMILES string of the molecule is CC(C)(C)OC(=O)CC(O)/C=C/CCS. The van der Waals surface area contributed by atoms with Crippen LogP contribution < -0.4 is 0 Å². The van der Waals surface area contributed by atoms with Gasteiger partial charge in [0.25, 0.3) is 0 Å². The van der Waals surface area contributed by atoms with E-state index in [2.05, 4.69) is 12.6 Å². The van der Waals surface area contributed by atoms with Crippen molar-refractivity contribution >= 4 is 18.6 Å². The van der Waals surface area contributed by atoms with Gasteiger partial charge in [0, 0.05) is 0 Å². The molecule has 0 bridgehead atoms. The van der Waals surface area contributed by atoms with Crippen LogP contribution in [0.3, 0.4) is 0 Å². The molecule has 0 fully saturated rings. The Morgan fingerprint density at radius 3 is 2.60 bits per heavy atom. The summed E-state index contributed by atoms with van der Waals surface area (Å²) < 4.78 is 5.07. The standard InChI is InChI=1S/C11H20O3S/c1-11(2,3)14-10(13)8-9(12)6-4-5-7-15/h4,6,9,12,15H,5,7-8H2,1-3H3/b6-4+. The summed E-state index contributed by atoms with van der Waals surface area (Å²) in [5.41, 5.74) is -0.494. The first-order valence-corrected chi connectivity index (χ1v) is 5.66. The van der Waals surface area contributed by atoms with Crippen molar-refractivity contribution in [3.8, 4) is 0 Å². The van der Waals surface area contributed by atoms with Crippen molar-refractivity contribution in [3.63, 3.8) is 0 Å². The molecule has 0 saturated carbocycles. The molecule has 1 unspecified atom stereocenters. The Balaban J connectivity index is 3.86. The summed E-state index contributed by atoms with van der Waals surface area (Å²) in [6.45, 7) is 5.40. The summed E-state index contributed by atoms with van der Waals surface area (Å²) in [7, 11) is 0. The highest BCUT2D eigenvalue weighted by Crippen LogP contribution is 2.09. The molecule has 0 aromatic heterocycles. The van der Waals surface area contributed by atoms with Crippen LogP contribution in [0.25, 0.3) is 0 Å². The van der Waals surface area contributed by atoms with Gasteiger partial charge < -0.3 is 9.84 Å². The monoisotopic (exact) mass is 232 g/mol. The van der Waals surface area contributed by atoms with E-state index < -0.39 is 11.7 Å².